The number of nitrogens with two attached hydrogens (primary N) is 1. The van der Waals surface area contributed by atoms with Gasteiger partial charge in [0.2, 0.25) is 10.0 Å². The summed E-state index contributed by atoms with van der Waals surface area (Å²) < 4.78 is 27.7. The fourth-order valence-corrected chi connectivity index (χ4v) is 2.23. The summed E-state index contributed by atoms with van der Waals surface area (Å²) in [5, 5.41) is 16.6. The van der Waals surface area contributed by atoms with Crippen LogP contribution in [0.4, 0.5) is 5.69 Å². The second-order valence-electron chi connectivity index (χ2n) is 3.88. The van der Waals surface area contributed by atoms with Gasteiger partial charge >= 0.3 is 5.97 Å². The predicted octanol–water partition coefficient (Wildman–Crippen LogP) is 0.236. The fourth-order valence-electron chi connectivity index (χ4n) is 1.52. The zero-order valence-electron chi connectivity index (χ0n) is 10.4. The molecule has 19 heavy (non-hydrogen) atoms. The molecule has 0 radical (unpaired) electrons. The van der Waals surface area contributed by atoms with Crippen LogP contribution in [0.3, 0.4) is 0 Å². The van der Waals surface area contributed by atoms with E-state index in [9.17, 15) is 13.2 Å². The average Bonchev–Trinajstić information content (AvgIpc) is 2.33. The van der Waals surface area contributed by atoms with Crippen LogP contribution in [0.1, 0.15) is 6.42 Å². The van der Waals surface area contributed by atoms with Crippen LogP contribution in [-0.2, 0) is 19.6 Å². The van der Waals surface area contributed by atoms with Gasteiger partial charge in [-0.3, -0.25) is 4.79 Å². The first-order valence-electron chi connectivity index (χ1n) is 5.45. The maximum absolute atomic E-state index is 11.4. The molecule has 0 heterocycles. The Balaban J connectivity index is 2.80. The van der Waals surface area contributed by atoms with E-state index in [0.29, 0.717) is 5.69 Å². The van der Waals surface area contributed by atoms with Crippen molar-refractivity contribution in [1.29, 1.82) is 0 Å². The molecule has 1 aromatic rings. The van der Waals surface area contributed by atoms with Crippen molar-refractivity contribution in [3.8, 4) is 0 Å². The summed E-state index contributed by atoms with van der Waals surface area (Å²) in [4.78, 5) is 10.5. The number of carboxylic acids is 1. The van der Waals surface area contributed by atoms with Crippen LogP contribution in [-0.4, -0.2) is 39.3 Å². The smallest absolute Gasteiger partial charge is 0.306 e. The molecule has 1 unspecified atom stereocenters. The number of ether oxygens (including phenoxy) is 1. The number of carboxylic acid groups (broad SMARTS) is 1. The zero-order chi connectivity index (χ0) is 14.5. The van der Waals surface area contributed by atoms with E-state index in [2.05, 4.69) is 5.32 Å². The van der Waals surface area contributed by atoms with Crippen LogP contribution in [0.15, 0.2) is 29.2 Å². The molecular formula is C11H16N2O5S. The molecule has 7 nitrogen and oxygen atoms in total. The van der Waals surface area contributed by atoms with Crippen molar-refractivity contribution in [1.82, 2.24) is 0 Å². The van der Waals surface area contributed by atoms with Gasteiger partial charge in [0.15, 0.2) is 0 Å². The largest absolute Gasteiger partial charge is 0.481 e. The van der Waals surface area contributed by atoms with Gasteiger partial charge in [0.1, 0.15) is 4.90 Å². The summed E-state index contributed by atoms with van der Waals surface area (Å²) in [5.41, 5.74) is 0.317. The van der Waals surface area contributed by atoms with E-state index >= 15 is 0 Å². The van der Waals surface area contributed by atoms with Crippen molar-refractivity contribution in [2.24, 2.45) is 5.14 Å². The van der Waals surface area contributed by atoms with E-state index < -0.39 is 22.1 Å². The molecular weight excluding hydrogens is 272 g/mol. The molecule has 0 fully saturated rings. The lowest BCUT2D eigenvalue weighted by Gasteiger charge is -2.16. The number of primary sulfonamides is 1. The lowest BCUT2D eigenvalue weighted by Crippen LogP contribution is -2.26. The summed E-state index contributed by atoms with van der Waals surface area (Å²) in [6.45, 7) is 0.162. The predicted molar refractivity (Wildman–Crippen MR) is 69.4 cm³/mol. The Labute approximate surface area is 111 Å². The maximum Gasteiger partial charge on any atom is 0.306 e. The molecule has 0 bridgehead atoms. The van der Waals surface area contributed by atoms with Crippen molar-refractivity contribution in [2.45, 2.75) is 17.4 Å². The molecule has 0 aromatic heterocycles. The number of aliphatic carboxylic acids is 1. The van der Waals surface area contributed by atoms with E-state index in [1.165, 1.54) is 13.2 Å². The molecule has 0 saturated heterocycles. The van der Waals surface area contributed by atoms with E-state index in [1.807, 2.05) is 0 Å². The number of carbonyl (C=O) groups is 1. The highest BCUT2D eigenvalue weighted by Crippen LogP contribution is 2.19. The van der Waals surface area contributed by atoms with Gasteiger partial charge < -0.3 is 15.2 Å². The van der Waals surface area contributed by atoms with E-state index in [1.54, 1.807) is 18.2 Å². The molecule has 1 aromatic carbocycles. The van der Waals surface area contributed by atoms with Crippen LogP contribution in [0.25, 0.3) is 0 Å². The minimum absolute atomic E-state index is 0.0415. The Kier molecular flexibility index (Phi) is 5.28. The molecule has 0 aliphatic heterocycles. The normalized spacial score (nSPS) is 12.9. The van der Waals surface area contributed by atoms with Gasteiger partial charge in [-0.25, -0.2) is 13.6 Å². The van der Waals surface area contributed by atoms with E-state index in [4.69, 9.17) is 15.0 Å². The first-order chi connectivity index (χ1) is 8.84. The molecule has 0 aliphatic carbocycles. The molecule has 0 aliphatic rings. The summed E-state index contributed by atoms with van der Waals surface area (Å²) in [5.74, 6) is -0.992. The van der Waals surface area contributed by atoms with Crippen LogP contribution in [0.2, 0.25) is 0 Å². The second kappa shape index (κ2) is 6.50. The number of nitrogens with one attached hydrogen (secondary N) is 1. The first-order valence-corrected chi connectivity index (χ1v) is 6.99. The highest BCUT2D eigenvalue weighted by Gasteiger charge is 2.16. The van der Waals surface area contributed by atoms with Gasteiger partial charge in [0.25, 0.3) is 0 Å². The summed E-state index contributed by atoms with van der Waals surface area (Å²) in [6.07, 6.45) is -0.743. The highest BCUT2D eigenvalue weighted by atomic mass is 32.2. The Morgan fingerprint density at radius 3 is 2.63 bits per heavy atom. The third kappa shape index (κ3) is 4.86. The molecule has 0 amide bonds. The number of para-hydroxylation sites is 1. The third-order valence-electron chi connectivity index (χ3n) is 2.45. The molecule has 1 rings (SSSR count). The average molecular weight is 288 g/mol. The van der Waals surface area contributed by atoms with Gasteiger partial charge in [-0.05, 0) is 12.1 Å². The zero-order valence-corrected chi connectivity index (χ0v) is 11.2. The van der Waals surface area contributed by atoms with E-state index in [0.717, 1.165) is 0 Å². The number of rotatable bonds is 7. The summed E-state index contributed by atoms with van der Waals surface area (Å²) in [7, 11) is -2.44. The quantitative estimate of drug-likeness (QED) is 0.661. The van der Waals surface area contributed by atoms with Crippen LogP contribution in [0.5, 0.6) is 0 Å². The van der Waals surface area contributed by atoms with Crippen molar-refractivity contribution >= 4 is 21.7 Å². The van der Waals surface area contributed by atoms with E-state index in [-0.39, 0.29) is 17.9 Å². The number of methoxy groups -OCH3 is 1. The van der Waals surface area contributed by atoms with Crippen LogP contribution < -0.4 is 10.5 Å². The van der Waals surface area contributed by atoms with Crippen molar-refractivity contribution in [3.63, 3.8) is 0 Å². The molecule has 8 heteroatoms. The van der Waals surface area contributed by atoms with Gasteiger partial charge in [0, 0.05) is 13.7 Å². The summed E-state index contributed by atoms with van der Waals surface area (Å²) >= 11 is 0. The van der Waals surface area contributed by atoms with Gasteiger partial charge in [-0.15, -0.1) is 0 Å². The number of sulfonamides is 1. The minimum atomic E-state index is -3.83. The Morgan fingerprint density at radius 1 is 1.47 bits per heavy atom. The number of hydrogen-bond acceptors (Lipinski definition) is 5. The number of anilines is 1. The number of benzene rings is 1. The molecule has 106 valence electrons. The highest BCUT2D eigenvalue weighted by molar-refractivity contribution is 7.89. The van der Waals surface area contributed by atoms with Crippen molar-refractivity contribution < 1.29 is 23.1 Å². The number of hydrogen-bond donors (Lipinski definition) is 3. The minimum Gasteiger partial charge on any atom is -0.481 e. The van der Waals surface area contributed by atoms with Gasteiger partial charge in [-0.2, -0.15) is 0 Å². The third-order valence-corrected chi connectivity index (χ3v) is 3.42. The van der Waals surface area contributed by atoms with Gasteiger partial charge in [-0.1, -0.05) is 12.1 Å². The topological polar surface area (TPSA) is 119 Å². The van der Waals surface area contributed by atoms with Crippen LogP contribution >= 0.6 is 0 Å². The SMILES string of the molecule is COC(CNc1ccccc1S(N)(=O)=O)CC(=O)O. The monoisotopic (exact) mass is 288 g/mol. The molecule has 0 spiro atoms. The lowest BCUT2D eigenvalue weighted by molar-refractivity contribution is -0.139. The Morgan fingerprint density at radius 2 is 2.11 bits per heavy atom. The first kappa shape index (κ1) is 15.4. The molecule has 4 N–H and O–H groups in total. The maximum atomic E-state index is 11.4. The Bertz CT molecular complexity index is 544. The standard InChI is InChI=1S/C11H16N2O5S/c1-18-8(6-11(14)15)7-13-9-4-2-3-5-10(9)19(12,16)17/h2-5,8,13H,6-7H2,1H3,(H,14,15)(H2,12,16,17). The van der Waals surface area contributed by atoms with Crippen molar-refractivity contribution in [2.75, 3.05) is 19.0 Å². The Hall–Kier alpha value is -1.64. The lowest BCUT2D eigenvalue weighted by atomic mass is 10.2. The van der Waals surface area contributed by atoms with Crippen LogP contribution in [0, 0.1) is 0 Å². The molecule has 1 atom stereocenters. The van der Waals surface area contributed by atoms with Gasteiger partial charge in [0.05, 0.1) is 18.2 Å². The fraction of sp³-hybridized carbons (Fsp3) is 0.364. The summed E-state index contributed by atoms with van der Waals surface area (Å²) in [6, 6.07) is 6.12. The molecule has 0 saturated carbocycles. The second-order valence-corrected chi connectivity index (χ2v) is 5.41. The van der Waals surface area contributed by atoms with Crippen molar-refractivity contribution in [3.05, 3.63) is 24.3 Å².